The Balaban J connectivity index is 3.45. The molecule has 0 aromatic heterocycles. The minimum absolute atomic E-state index is 0.371. The summed E-state index contributed by atoms with van der Waals surface area (Å²) < 4.78 is 26.9. The average molecular weight is 288 g/mol. The van der Waals surface area contributed by atoms with Gasteiger partial charge in [-0.2, -0.15) is 4.39 Å². The molecule has 0 saturated heterocycles. The van der Waals surface area contributed by atoms with Crippen molar-refractivity contribution in [2.24, 2.45) is 0 Å². The molecule has 0 aliphatic heterocycles. The van der Waals surface area contributed by atoms with E-state index in [1.807, 2.05) is 0 Å². The maximum Gasteiger partial charge on any atom is 0.328 e. The summed E-state index contributed by atoms with van der Waals surface area (Å²) in [4.78, 5) is 21.9. The Morgan fingerprint density at radius 1 is 1.50 bits per heavy atom. The summed E-state index contributed by atoms with van der Waals surface area (Å²) in [6.45, 7) is 2.77. The number of carboxylic acids is 1. The number of nitro benzene ring substituents is 1. The lowest BCUT2D eigenvalue weighted by atomic mass is 10.1. The Hall–Kier alpha value is -2.25. The van der Waals surface area contributed by atoms with Crippen molar-refractivity contribution in [3.63, 3.8) is 0 Å². The molecule has 0 spiro atoms. The molecule has 0 aliphatic rings. The van der Waals surface area contributed by atoms with Crippen LogP contribution < -0.4 is 4.90 Å². The van der Waals surface area contributed by atoms with E-state index < -0.39 is 40.8 Å². The smallest absolute Gasteiger partial charge is 0.328 e. The van der Waals surface area contributed by atoms with Gasteiger partial charge in [0.1, 0.15) is 18.0 Å². The number of nitro groups is 1. The van der Waals surface area contributed by atoms with Gasteiger partial charge in [-0.05, 0) is 13.3 Å². The number of halogens is 2. The number of anilines is 1. The topological polar surface area (TPSA) is 83.7 Å². The van der Waals surface area contributed by atoms with Crippen LogP contribution in [-0.4, -0.2) is 28.6 Å². The molecule has 0 aliphatic carbocycles. The van der Waals surface area contributed by atoms with E-state index in [-0.39, 0.29) is 5.69 Å². The Morgan fingerprint density at radius 2 is 2.10 bits per heavy atom. The maximum atomic E-state index is 13.6. The Labute approximate surface area is 113 Å². The molecule has 110 valence electrons. The van der Waals surface area contributed by atoms with E-state index in [9.17, 15) is 23.7 Å². The number of rotatable bonds is 6. The first-order chi connectivity index (χ1) is 9.27. The van der Waals surface area contributed by atoms with Crippen LogP contribution in [0.1, 0.15) is 20.3 Å². The second-order valence-electron chi connectivity index (χ2n) is 4.29. The van der Waals surface area contributed by atoms with E-state index in [1.54, 1.807) is 13.8 Å². The molecule has 1 rings (SSSR count). The van der Waals surface area contributed by atoms with Gasteiger partial charge in [0.15, 0.2) is 0 Å². The number of aliphatic carboxylic acids is 1. The van der Waals surface area contributed by atoms with Crippen molar-refractivity contribution < 1.29 is 23.6 Å². The molecule has 0 bridgehead atoms. The van der Waals surface area contributed by atoms with Gasteiger partial charge < -0.3 is 10.0 Å². The maximum absolute atomic E-state index is 13.6. The molecule has 0 fully saturated rings. The minimum atomic E-state index is -1.33. The molecular weight excluding hydrogens is 274 g/mol. The van der Waals surface area contributed by atoms with Gasteiger partial charge in [0.25, 0.3) is 0 Å². The molecule has 1 atom stereocenters. The first-order valence-corrected chi connectivity index (χ1v) is 5.89. The zero-order valence-corrected chi connectivity index (χ0v) is 11.0. The molecule has 8 heteroatoms. The van der Waals surface area contributed by atoms with Crippen LogP contribution in [0.25, 0.3) is 0 Å². The summed E-state index contributed by atoms with van der Waals surface area (Å²) in [5.41, 5.74) is -1.29. The lowest BCUT2D eigenvalue weighted by Crippen LogP contribution is -2.37. The SMILES string of the molecule is CCC(C)N(CC(=O)O)c1cc(F)cc(F)c1[N+](=O)[O-]. The van der Waals surface area contributed by atoms with Crippen LogP contribution in [-0.2, 0) is 4.79 Å². The van der Waals surface area contributed by atoms with Crippen molar-refractivity contribution in [1.29, 1.82) is 0 Å². The van der Waals surface area contributed by atoms with Gasteiger partial charge in [-0.25, -0.2) is 4.39 Å². The van der Waals surface area contributed by atoms with Crippen molar-refractivity contribution in [1.82, 2.24) is 0 Å². The fraction of sp³-hybridized carbons (Fsp3) is 0.417. The number of hydrogen-bond donors (Lipinski definition) is 1. The summed E-state index contributed by atoms with van der Waals surface area (Å²) in [5, 5.41) is 19.8. The number of benzene rings is 1. The van der Waals surface area contributed by atoms with Crippen molar-refractivity contribution in [2.45, 2.75) is 26.3 Å². The number of carbonyl (C=O) groups is 1. The van der Waals surface area contributed by atoms with E-state index >= 15 is 0 Å². The lowest BCUT2D eigenvalue weighted by molar-refractivity contribution is -0.386. The third-order valence-corrected chi connectivity index (χ3v) is 2.93. The van der Waals surface area contributed by atoms with Crippen molar-refractivity contribution in [3.05, 3.63) is 33.9 Å². The number of carboxylic acid groups (broad SMARTS) is 1. The molecule has 0 amide bonds. The van der Waals surface area contributed by atoms with Gasteiger partial charge in [-0.3, -0.25) is 14.9 Å². The molecule has 20 heavy (non-hydrogen) atoms. The van der Waals surface area contributed by atoms with Gasteiger partial charge >= 0.3 is 11.7 Å². The van der Waals surface area contributed by atoms with E-state index in [2.05, 4.69) is 0 Å². The molecule has 1 aromatic rings. The highest BCUT2D eigenvalue weighted by Gasteiger charge is 2.29. The standard InChI is InChI=1S/C12H14F2N2O4/c1-3-7(2)15(6-11(17)18)10-5-8(13)4-9(14)12(10)16(19)20/h4-5,7H,3,6H2,1-2H3,(H,17,18). The summed E-state index contributed by atoms with van der Waals surface area (Å²) in [6, 6.07) is 0.749. The first kappa shape index (κ1) is 15.8. The molecule has 0 radical (unpaired) electrons. The second kappa shape index (κ2) is 6.27. The molecule has 6 nitrogen and oxygen atoms in total. The largest absolute Gasteiger partial charge is 0.480 e. The second-order valence-corrected chi connectivity index (χ2v) is 4.29. The van der Waals surface area contributed by atoms with Gasteiger partial charge in [-0.1, -0.05) is 6.92 Å². The van der Waals surface area contributed by atoms with Gasteiger partial charge in [0, 0.05) is 18.2 Å². The molecule has 1 unspecified atom stereocenters. The van der Waals surface area contributed by atoms with E-state index in [4.69, 9.17) is 5.11 Å². The van der Waals surface area contributed by atoms with Gasteiger partial charge in [0.05, 0.1) is 4.92 Å². The summed E-state index contributed by atoms with van der Waals surface area (Å²) in [7, 11) is 0. The highest BCUT2D eigenvalue weighted by Crippen LogP contribution is 2.33. The molecule has 0 saturated carbocycles. The Bertz CT molecular complexity index is 536. The zero-order chi connectivity index (χ0) is 15.4. The summed E-state index contributed by atoms with van der Waals surface area (Å²) in [5.74, 6) is -3.57. The van der Waals surface area contributed by atoms with Crippen LogP contribution in [0.5, 0.6) is 0 Å². The number of hydrogen-bond acceptors (Lipinski definition) is 4. The van der Waals surface area contributed by atoms with Gasteiger partial charge in [0.2, 0.25) is 5.82 Å². The van der Waals surface area contributed by atoms with E-state index in [0.29, 0.717) is 12.5 Å². The highest BCUT2D eigenvalue weighted by molar-refractivity contribution is 5.76. The Kier molecular flexibility index (Phi) is 4.95. The minimum Gasteiger partial charge on any atom is -0.480 e. The van der Waals surface area contributed by atoms with Crippen molar-refractivity contribution >= 4 is 17.3 Å². The summed E-state index contributed by atoms with van der Waals surface area (Å²) >= 11 is 0. The van der Waals surface area contributed by atoms with Crippen molar-refractivity contribution in [3.8, 4) is 0 Å². The fourth-order valence-electron chi connectivity index (χ4n) is 1.80. The zero-order valence-electron chi connectivity index (χ0n) is 11.0. The monoisotopic (exact) mass is 288 g/mol. The van der Waals surface area contributed by atoms with Gasteiger partial charge in [-0.15, -0.1) is 0 Å². The highest BCUT2D eigenvalue weighted by atomic mass is 19.1. The first-order valence-electron chi connectivity index (χ1n) is 5.89. The molecular formula is C12H14F2N2O4. The molecule has 1 aromatic carbocycles. The van der Waals surface area contributed by atoms with Crippen LogP contribution in [0.3, 0.4) is 0 Å². The average Bonchev–Trinajstić information content (AvgIpc) is 2.33. The van der Waals surface area contributed by atoms with Crippen LogP contribution in [0.2, 0.25) is 0 Å². The lowest BCUT2D eigenvalue weighted by Gasteiger charge is -2.28. The third-order valence-electron chi connectivity index (χ3n) is 2.93. The predicted octanol–water partition coefficient (Wildman–Crippen LogP) is 2.56. The van der Waals surface area contributed by atoms with E-state index in [1.165, 1.54) is 0 Å². The summed E-state index contributed by atoms with van der Waals surface area (Å²) in [6.07, 6.45) is 0.461. The van der Waals surface area contributed by atoms with Crippen LogP contribution in [0.4, 0.5) is 20.2 Å². The van der Waals surface area contributed by atoms with E-state index in [0.717, 1.165) is 11.0 Å². The van der Waals surface area contributed by atoms with Crippen LogP contribution in [0, 0.1) is 21.7 Å². The number of nitrogens with zero attached hydrogens (tertiary/aromatic N) is 2. The van der Waals surface area contributed by atoms with Crippen LogP contribution in [0.15, 0.2) is 12.1 Å². The molecule has 0 heterocycles. The van der Waals surface area contributed by atoms with Crippen molar-refractivity contribution in [2.75, 3.05) is 11.4 Å². The Morgan fingerprint density at radius 3 is 2.55 bits per heavy atom. The van der Waals surface area contributed by atoms with Crippen LogP contribution >= 0.6 is 0 Å². The third kappa shape index (κ3) is 3.40. The quantitative estimate of drug-likeness (QED) is 0.642. The molecule has 1 N–H and O–H groups in total. The normalized spacial score (nSPS) is 12.0. The predicted molar refractivity (Wildman–Crippen MR) is 67.7 cm³/mol. The fourth-order valence-corrected chi connectivity index (χ4v) is 1.80.